The molecule has 8 rings (SSSR count). The van der Waals surface area contributed by atoms with Crippen LogP contribution >= 0.6 is 22.7 Å². The van der Waals surface area contributed by atoms with E-state index in [1.54, 1.807) is 22.7 Å². The van der Waals surface area contributed by atoms with E-state index in [1.165, 1.54) is 72.2 Å². The molecule has 0 unspecified atom stereocenters. The van der Waals surface area contributed by atoms with Crippen LogP contribution in [0.2, 0.25) is 0 Å². The van der Waals surface area contributed by atoms with Crippen molar-refractivity contribution in [3.8, 4) is 0 Å². The summed E-state index contributed by atoms with van der Waals surface area (Å²) >= 11 is 3.47. The summed E-state index contributed by atoms with van der Waals surface area (Å²) in [5.74, 6) is 3.78. The van der Waals surface area contributed by atoms with E-state index in [0.29, 0.717) is 48.1 Å². The Morgan fingerprint density at radius 3 is 1.33 bits per heavy atom. The van der Waals surface area contributed by atoms with E-state index < -0.39 is 0 Å². The lowest BCUT2D eigenvalue weighted by Crippen LogP contribution is -2.27. The predicted molar refractivity (Wildman–Crippen MR) is 184 cm³/mol. The summed E-state index contributed by atoms with van der Waals surface area (Å²) in [6.07, 6.45) is 16.9. The van der Waals surface area contributed by atoms with Crippen LogP contribution in [0.4, 0.5) is 0 Å². The number of hydrogen-bond acceptors (Lipinski definition) is 6. The normalized spacial score (nSPS) is 25.8. The van der Waals surface area contributed by atoms with Gasteiger partial charge in [0, 0.05) is 57.3 Å². The van der Waals surface area contributed by atoms with Crippen molar-refractivity contribution in [2.45, 2.75) is 117 Å². The van der Waals surface area contributed by atoms with Crippen LogP contribution in [-0.2, 0) is 48.1 Å². The number of nitrogens with one attached hydrogen (secondary N) is 2. The van der Waals surface area contributed by atoms with Crippen molar-refractivity contribution < 1.29 is 19.2 Å². The van der Waals surface area contributed by atoms with Crippen LogP contribution in [0.5, 0.6) is 0 Å². The smallest absolute Gasteiger partial charge is 0.252 e. The van der Waals surface area contributed by atoms with Gasteiger partial charge in [-0.2, -0.15) is 0 Å². The topological polar surface area (TPSA) is 92.3 Å². The zero-order valence-corrected chi connectivity index (χ0v) is 29.3. The molecular weight excluding hydrogens is 613 g/mol. The highest BCUT2D eigenvalue weighted by atomic mass is 32.1. The van der Waals surface area contributed by atoms with Crippen molar-refractivity contribution in [3.63, 3.8) is 0 Å². The monoisotopic (exact) mass is 662 g/mol. The molecule has 2 aromatic rings. The summed E-state index contributed by atoms with van der Waals surface area (Å²) in [6, 6.07) is 0. The maximum Gasteiger partial charge on any atom is 0.252 e. The van der Waals surface area contributed by atoms with E-state index in [-0.39, 0.29) is 23.7 Å². The fraction of sp³-hybridized carbons (Fsp3) is 0.684. The van der Waals surface area contributed by atoms with Gasteiger partial charge in [-0.25, -0.2) is 0 Å². The van der Waals surface area contributed by atoms with Gasteiger partial charge in [-0.05, 0) is 125 Å². The Hall–Kier alpha value is -2.32. The molecule has 4 saturated carbocycles. The maximum atomic E-state index is 12.7. The minimum atomic E-state index is 0.0722. The van der Waals surface area contributed by atoms with Crippen molar-refractivity contribution in [1.82, 2.24) is 10.6 Å². The van der Waals surface area contributed by atoms with E-state index in [2.05, 4.69) is 24.5 Å². The molecular formula is C38H50N2O4S2. The minimum Gasteiger partial charge on any atom is -0.352 e. The van der Waals surface area contributed by atoms with Gasteiger partial charge in [-0.3, -0.25) is 19.2 Å². The molecule has 0 aromatic carbocycles. The number of carbonyl (C=O) groups is 4. The largest absolute Gasteiger partial charge is 0.352 e. The van der Waals surface area contributed by atoms with Gasteiger partial charge in [0.2, 0.25) is 0 Å². The lowest BCUT2D eigenvalue weighted by Gasteiger charge is -2.13. The Bertz CT molecular complexity index is 1400. The van der Waals surface area contributed by atoms with Crippen LogP contribution in [0.3, 0.4) is 0 Å². The van der Waals surface area contributed by atoms with Crippen molar-refractivity contribution in [2.24, 2.45) is 35.5 Å². The average molecular weight is 663 g/mol. The Morgan fingerprint density at radius 2 is 0.978 bits per heavy atom. The zero-order chi connectivity index (χ0) is 31.9. The molecule has 2 aromatic heterocycles. The Labute approximate surface area is 281 Å². The number of thiophene rings is 2. The summed E-state index contributed by atoms with van der Waals surface area (Å²) < 4.78 is 0. The van der Waals surface area contributed by atoms with Gasteiger partial charge in [0.1, 0.15) is 11.6 Å². The first-order valence-corrected chi connectivity index (χ1v) is 19.8. The van der Waals surface area contributed by atoms with Gasteiger partial charge >= 0.3 is 0 Å². The predicted octanol–water partition coefficient (Wildman–Crippen LogP) is 7.07. The molecule has 6 nitrogen and oxygen atoms in total. The standard InChI is InChI=1S/2C19H25NO2S/c2*1-11-8-14(11)15(21)9-17-18(19(22)20-10-12-6-7-12)13-4-2-3-5-16(13)23-17/h2*11-12,14H,2-10H2,1H3,(H,20,22)/t11-,14+;11-,14-/m11/s1. The highest BCUT2D eigenvalue weighted by molar-refractivity contribution is 7.13. The second-order valence-corrected chi connectivity index (χ2v) is 17.6. The molecule has 6 aliphatic rings. The fourth-order valence-electron chi connectivity index (χ4n) is 7.44. The van der Waals surface area contributed by atoms with Gasteiger partial charge in [0.15, 0.2) is 0 Å². The molecule has 0 radical (unpaired) electrons. The molecule has 2 N–H and O–H groups in total. The van der Waals surface area contributed by atoms with Crippen molar-refractivity contribution in [2.75, 3.05) is 13.1 Å². The summed E-state index contributed by atoms with van der Waals surface area (Å²) in [6.45, 7) is 5.89. The SMILES string of the molecule is C[C@@H]1C[C@@H]1C(=O)Cc1sc2c(c1C(=O)NCC1CC1)CCCC2.C[C@@H]1C[C@H]1C(=O)Cc1sc2c(c1C(=O)NCC1CC1)CCCC2. The molecule has 0 saturated heterocycles. The summed E-state index contributed by atoms with van der Waals surface area (Å²) in [7, 11) is 0. The molecule has 2 heterocycles. The van der Waals surface area contributed by atoms with E-state index in [9.17, 15) is 19.2 Å². The first-order chi connectivity index (χ1) is 22.3. The molecule has 4 atom stereocenters. The van der Waals surface area contributed by atoms with E-state index in [1.807, 2.05) is 0 Å². The number of Topliss-reactive ketones (excluding diaryl/α,β-unsaturated/α-hetero) is 2. The van der Waals surface area contributed by atoms with Crippen LogP contribution in [-0.4, -0.2) is 36.5 Å². The number of ketones is 2. The third kappa shape index (κ3) is 7.53. The molecule has 2 amide bonds. The molecule has 46 heavy (non-hydrogen) atoms. The quantitative estimate of drug-likeness (QED) is 0.254. The number of hydrogen-bond donors (Lipinski definition) is 2. The number of aryl methyl sites for hydroxylation is 2. The average Bonchev–Trinajstić information content (AvgIpc) is 3.85. The molecule has 6 aliphatic carbocycles. The van der Waals surface area contributed by atoms with Crippen LogP contribution in [0.15, 0.2) is 0 Å². The van der Waals surface area contributed by atoms with Gasteiger partial charge in [-0.15, -0.1) is 22.7 Å². The minimum absolute atomic E-state index is 0.0722. The van der Waals surface area contributed by atoms with Crippen LogP contribution in [0.1, 0.15) is 129 Å². The Kier molecular flexibility index (Phi) is 9.57. The first-order valence-electron chi connectivity index (χ1n) is 18.1. The fourth-order valence-corrected chi connectivity index (χ4v) is 10.2. The Morgan fingerprint density at radius 1 is 0.609 bits per heavy atom. The van der Waals surface area contributed by atoms with Gasteiger partial charge in [-0.1, -0.05) is 13.8 Å². The number of amides is 2. The highest BCUT2D eigenvalue weighted by Gasteiger charge is 2.41. The third-order valence-corrected chi connectivity index (χ3v) is 13.7. The third-order valence-electron chi connectivity index (χ3n) is 11.2. The van der Waals surface area contributed by atoms with Crippen LogP contribution in [0, 0.1) is 35.5 Å². The zero-order valence-electron chi connectivity index (χ0n) is 27.6. The van der Waals surface area contributed by atoms with Gasteiger partial charge < -0.3 is 10.6 Å². The van der Waals surface area contributed by atoms with Crippen molar-refractivity contribution in [3.05, 3.63) is 41.8 Å². The van der Waals surface area contributed by atoms with E-state index in [4.69, 9.17) is 0 Å². The lowest BCUT2D eigenvalue weighted by atomic mass is 9.93. The number of fused-ring (bicyclic) bond motifs is 2. The molecule has 0 bridgehead atoms. The second kappa shape index (κ2) is 13.7. The number of carbonyl (C=O) groups excluding carboxylic acids is 4. The summed E-state index contributed by atoms with van der Waals surface area (Å²) in [5.41, 5.74) is 4.24. The van der Waals surface area contributed by atoms with Crippen LogP contribution < -0.4 is 10.6 Å². The van der Waals surface area contributed by atoms with Crippen LogP contribution in [0.25, 0.3) is 0 Å². The lowest BCUT2D eigenvalue weighted by molar-refractivity contribution is -0.120. The highest BCUT2D eigenvalue weighted by Crippen LogP contribution is 2.43. The van der Waals surface area contributed by atoms with Gasteiger partial charge in [0.25, 0.3) is 11.8 Å². The van der Waals surface area contributed by atoms with E-state index >= 15 is 0 Å². The number of rotatable bonds is 12. The van der Waals surface area contributed by atoms with Gasteiger partial charge in [0.05, 0.1) is 11.1 Å². The summed E-state index contributed by atoms with van der Waals surface area (Å²) in [5, 5.41) is 6.24. The van der Waals surface area contributed by atoms with Crippen molar-refractivity contribution in [1.29, 1.82) is 0 Å². The molecule has 4 fully saturated rings. The molecule has 248 valence electrons. The second-order valence-electron chi connectivity index (χ2n) is 15.3. The summed E-state index contributed by atoms with van der Waals surface area (Å²) in [4.78, 5) is 55.1. The van der Waals surface area contributed by atoms with E-state index in [0.717, 1.165) is 72.5 Å². The maximum absolute atomic E-state index is 12.7. The molecule has 0 spiro atoms. The van der Waals surface area contributed by atoms with Crippen molar-refractivity contribution >= 4 is 46.1 Å². The molecule has 8 heteroatoms. The first kappa shape index (κ1) is 32.2. The Balaban J connectivity index is 0.000000147. The molecule has 0 aliphatic heterocycles.